The van der Waals surface area contributed by atoms with Crippen LogP contribution < -0.4 is 10.1 Å². The van der Waals surface area contributed by atoms with Gasteiger partial charge in [-0.15, -0.1) is 0 Å². The number of nitrogens with one attached hydrogen (secondary N) is 1. The number of aromatic nitrogens is 1. The fourth-order valence-corrected chi connectivity index (χ4v) is 1.87. The highest BCUT2D eigenvalue weighted by Crippen LogP contribution is 2.13. The van der Waals surface area contributed by atoms with Gasteiger partial charge in [-0.05, 0) is 30.7 Å². The topological polar surface area (TPSA) is 34.1 Å². The Bertz CT molecular complexity index is 555. The first-order valence-electron chi connectivity index (χ1n) is 7.17. The van der Waals surface area contributed by atoms with Crippen molar-refractivity contribution in [1.29, 1.82) is 0 Å². The fourth-order valence-electron chi connectivity index (χ4n) is 1.87. The maximum atomic E-state index is 13.5. The largest absolute Gasteiger partial charge is 0.487 e. The second-order valence-corrected chi connectivity index (χ2v) is 5.39. The van der Waals surface area contributed by atoms with Crippen molar-refractivity contribution in [2.75, 3.05) is 6.54 Å². The number of nitrogens with zero attached hydrogens (tertiary/aromatic N) is 1. The monoisotopic (exact) mass is 288 g/mol. The molecule has 0 saturated heterocycles. The molecule has 3 nitrogen and oxygen atoms in total. The summed E-state index contributed by atoms with van der Waals surface area (Å²) in [5, 5.41) is 3.33. The average Bonchev–Trinajstić information content (AvgIpc) is 2.47. The van der Waals surface area contributed by atoms with Crippen LogP contribution in [0.3, 0.4) is 0 Å². The second-order valence-electron chi connectivity index (χ2n) is 5.39. The Balaban J connectivity index is 1.84. The summed E-state index contributed by atoms with van der Waals surface area (Å²) >= 11 is 0. The molecule has 1 aromatic heterocycles. The molecular formula is C17H21FN2O. The SMILES string of the molecule is CC(C)CNCc1ccc(OCc2ccccc2F)cn1. The molecule has 0 spiro atoms. The Morgan fingerprint density at radius 2 is 2.00 bits per heavy atom. The maximum Gasteiger partial charge on any atom is 0.138 e. The molecule has 1 N–H and O–H groups in total. The molecular weight excluding hydrogens is 267 g/mol. The van der Waals surface area contributed by atoms with Gasteiger partial charge in [0.25, 0.3) is 0 Å². The third-order valence-electron chi connectivity index (χ3n) is 3.01. The highest BCUT2D eigenvalue weighted by atomic mass is 19.1. The molecule has 0 radical (unpaired) electrons. The van der Waals surface area contributed by atoms with Crippen LogP contribution in [0.25, 0.3) is 0 Å². The normalized spacial score (nSPS) is 10.9. The van der Waals surface area contributed by atoms with Gasteiger partial charge in [0.15, 0.2) is 0 Å². The molecule has 0 bridgehead atoms. The molecule has 21 heavy (non-hydrogen) atoms. The third kappa shape index (κ3) is 5.16. The first kappa shape index (κ1) is 15.4. The van der Waals surface area contributed by atoms with Gasteiger partial charge in [-0.1, -0.05) is 32.0 Å². The molecule has 0 fully saturated rings. The zero-order valence-corrected chi connectivity index (χ0v) is 12.5. The molecule has 4 heteroatoms. The van der Waals surface area contributed by atoms with Crippen molar-refractivity contribution in [2.45, 2.75) is 27.0 Å². The van der Waals surface area contributed by atoms with Crippen LogP contribution in [0.4, 0.5) is 4.39 Å². The van der Waals surface area contributed by atoms with Crippen molar-refractivity contribution in [3.63, 3.8) is 0 Å². The highest BCUT2D eigenvalue weighted by Gasteiger charge is 2.02. The van der Waals surface area contributed by atoms with Crippen LogP contribution in [0.5, 0.6) is 5.75 Å². The van der Waals surface area contributed by atoms with Crippen LogP contribution in [0.2, 0.25) is 0 Å². The summed E-state index contributed by atoms with van der Waals surface area (Å²) in [6, 6.07) is 10.4. The van der Waals surface area contributed by atoms with E-state index in [9.17, 15) is 4.39 Å². The Labute approximate surface area is 125 Å². The number of pyridine rings is 1. The minimum atomic E-state index is -0.250. The zero-order valence-electron chi connectivity index (χ0n) is 12.5. The van der Waals surface area contributed by atoms with Crippen LogP contribution in [-0.4, -0.2) is 11.5 Å². The lowest BCUT2D eigenvalue weighted by atomic mass is 10.2. The van der Waals surface area contributed by atoms with Crippen LogP contribution in [0, 0.1) is 11.7 Å². The van der Waals surface area contributed by atoms with Crippen LogP contribution in [0.1, 0.15) is 25.1 Å². The molecule has 112 valence electrons. The molecule has 0 aliphatic heterocycles. The molecule has 0 unspecified atom stereocenters. The zero-order chi connectivity index (χ0) is 15.1. The van der Waals surface area contributed by atoms with Crippen LogP contribution in [-0.2, 0) is 13.2 Å². The van der Waals surface area contributed by atoms with E-state index in [2.05, 4.69) is 24.1 Å². The Morgan fingerprint density at radius 1 is 1.19 bits per heavy atom. The Hall–Kier alpha value is -1.94. The van der Waals surface area contributed by atoms with Gasteiger partial charge in [0.2, 0.25) is 0 Å². The number of ether oxygens (including phenoxy) is 1. The van der Waals surface area contributed by atoms with Crippen molar-refractivity contribution < 1.29 is 9.13 Å². The van der Waals surface area contributed by atoms with Gasteiger partial charge in [0.1, 0.15) is 18.2 Å². The van der Waals surface area contributed by atoms with Crippen LogP contribution >= 0.6 is 0 Å². The Morgan fingerprint density at radius 3 is 2.67 bits per heavy atom. The molecule has 2 aromatic rings. The first-order chi connectivity index (χ1) is 10.1. The molecule has 1 heterocycles. The van der Waals surface area contributed by atoms with Crippen molar-refractivity contribution in [3.8, 4) is 5.75 Å². The number of hydrogen-bond donors (Lipinski definition) is 1. The molecule has 1 aromatic carbocycles. The summed E-state index contributed by atoms with van der Waals surface area (Å²) in [6.07, 6.45) is 1.67. The van der Waals surface area contributed by atoms with Gasteiger partial charge < -0.3 is 10.1 Å². The predicted octanol–water partition coefficient (Wildman–Crippen LogP) is 3.55. The van der Waals surface area contributed by atoms with Crippen LogP contribution in [0.15, 0.2) is 42.6 Å². The number of hydrogen-bond acceptors (Lipinski definition) is 3. The molecule has 0 amide bonds. The van der Waals surface area contributed by atoms with E-state index in [1.54, 1.807) is 24.4 Å². The van der Waals surface area contributed by atoms with Gasteiger partial charge in [0.05, 0.1) is 11.9 Å². The predicted molar refractivity (Wildman–Crippen MR) is 81.5 cm³/mol. The number of halogens is 1. The minimum Gasteiger partial charge on any atom is -0.487 e. The lowest BCUT2D eigenvalue weighted by Gasteiger charge is -2.09. The molecule has 0 aliphatic rings. The van der Waals surface area contributed by atoms with E-state index in [1.807, 2.05) is 12.1 Å². The second kappa shape index (κ2) is 7.74. The van der Waals surface area contributed by atoms with Gasteiger partial charge in [-0.3, -0.25) is 4.98 Å². The third-order valence-corrected chi connectivity index (χ3v) is 3.01. The van der Waals surface area contributed by atoms with E-state index in [0.717, 1.165) is 18.8 Å². The Kier molecular flexibility index (Phi) is 5.69. The summed E-state index contributed by atoms with van der Waals surface area (Å²) in [6.45, 7) is 6.25. The summed E-state index contributed by atoms with van der Waals surface area (Å²) in [7, 11) is 0. The van der Waals surface area contributed by atoms with Crippen molar-refractivity contribution in [2.24, 2.45) is 5.92 Å². The van der Waals surface area contributed by atoms with Gasteiger partial charge >= 0.3 is 0 Å². The van der Waals surface area contributed by atoms with E-state index in [-0.39, 0.29) is 12.4 Å². The van der Waals surface area contributed by atoms with E-state index >= 15 is 0 Å². The van der Waals surface area contributed by atoms with Crippen molar-refractivity contribution >= 4 is 0 Å². The lowest BCUT2D eigenvalue weighted by Crippen LogP contribution is -2.19. The number of benzene rings is 1. The summed E-state index contributed by atoms with van der Waals surface area (Å²) in [4.78, 5) is 4.33. The number of rotatable bonds is 7. The molecule has 0 aliphatic carbocycles. The van der Waals surface area contributed by atoms with E-state index in [1.165, 1.54) is 6.07 Å². The standard InChI is InChI=1S/C17H21FN2O/c1-13(2)9-19-10-15-7-8-16(11-20-15)21-12-14-5-3-4-6-17(14)18/h3-8,11,13,19H,9-10,12H2,1-2H3. The molecule has 0 atom stereocenters. The van der Waals surface area contributed by atoms with E-state index in [4.69, 9.17) is 4.74 Å². The summed E-state index contributed by atoms with van der Waals surface area (Å²) in [5.74, 6) is 1.01. The van der Waals surface area contributed by atoms with Gasteiger partial charge in [0, 0.05) is 12.1 Å². The van der Waals surface area contributed by atoms with Gasteiger partial charge in [-0.25, -0.2) is 4.39 Å². The fraction of sp³-hybridized carbons (Fsp3) is 0.353. The van der Waals surface area contributed by atoms with E-state index in [0.29, 0.717) is 17.2 Å². The average molecular weight is 288 g/mol. The summed E-state index contributed by atoms with van der Waals surface area (Å²) in [5.41, 5.74) is 1.51. The van der Waals surface area contributed by atoms with E-state index < -0.39 is 0 Å². The smallest absolute Gasteiger partial charge is 0.138 e. The quantitative estimate of drug-likeness (QED) is 0.846. The van der Waals surface area contributed by atoms with Gasteiger partial charge in [-0.2, -0.15) is 0 Å². The van der Waals surface area contributed by atoms with Crippen molar-refractivity contribution in [3.05, 3.63) is 59.7 Å². The maximum absolute atomic E-state index is 13.5. The molecule has 0 saturated carbocycles. The minimum absolute atomic E-state index is 0.208. The molecule has 2 rings (SSSR count). The summed E-state index contributed by atoms with van der Waals surface area (Å²) < 4.78 is 19.0. The van der Waals surface area contributed by atoms with Crippen molar-refractivity contribution in [1.82, 2.24) is 10.3 Å². The lowest BCUT2D eigenvalue weighted by molar-refractivity contribution is 0.298. The highest BCUT2D eigenvalue weighted by molar-refractivity contribution is 5.22. The first-order valence-corrected chi connectivity index (χ1v) is 7.17.